The molecule has 27 heavy (non-hydrogen) atoms. The normalized spacial score (nSPS) is 31.8. The Bertz CT molecular complexity index is 839. The predicted molar refractivity (Wildman–Crippen MR) is 99.9 cm³/mol. The number of piperidine rings is 3. The molecule has 0 N–H and O–H groups in total. The van der Waals surface area contributed by atoms with Gasteiger partial charge < -0.3 is 14.2 Å². The lowest BCUT2D eigenvalue weighted by Crippen LogP contribution is -2.60. The first-order valence-corrected chi connectivity index (χ1v) is 9.78. The van der Waals surface area contributed by atoms with E-state index in [1.165, 1.54) is 18.4 Å². The van der Waals surface area contributed by atoms with Gasteiger partial charge in [0.2, 0.25) is 0 Å². The Morgan fingerprint density at radius 2 is 1.93 bits per heavy atom. The standard InChI is InChI=1S/C21H25N3O3/c1-13-11-18(22-27-13)21(25)24-12-17(14-3-5-16(26-2)6-4-14)20-19(24)15-7-9-23(20)10-8-15/h3-6,11,15,17,19-20H,7-10,12H2,1-2H3/t17-,19+,20+/m0/s1. The summed E-state index contributed by atoms with van der Waals surface area (Å²) in [6.07, 6.45) is 2.36. The molecule has 0 aliphatic carbocycles. The van der Waals surface area contributed by atoms with Gasteiger partial charge in [0, 0.05) is 24.6 Å². The van der Waals surface area contributed by atoms with E-state index >= 15 is 0 Å². The summed E-state index contributed by atoms with van der Waals surface area (Å²) >= 11 is 0. The minimum Gasteiger partial charge on any atom is -0.497 e. The second-order valence-corrected chi connectivity index (χ2v) is 8.01. The van der Waals surface area contributed by atoms with Crippen LogP contribution in [0.5, 0.6) is 5.75 Å². The van der Waals surface area contributed by atoms with Gasteiger partial charge in [-0.3, -0.25) is 9.69 Å². The van der Waals surface area contributed by atoms with Gasteiger partial charge in [-0.2, -0.15) is 0 Å². The predicted octanol–water partition coefficient (Wildman–Crippen LogP) is 2.69. The number of aromatic nitrogens is 1. The molecule has 4 aliphatic heterocycles. The number of aryl methyl sites for hydroxylation is 1. The molecule has 1 aromatic heterocycles. The van der Waals surface area contributed by atoms with Crippen molar-refractivity contribution in [3.63, 3.8) is 0 Å². The van der Waals surface area contributed by atoms with Crippen LogP contribution in [0.3, 0.4) is 0 Å². The topological polar surface area (TPSA) is 58.8 Å². The first kappa shape index (κ1) is 16.8. The van der Waals surface area contributed by atoms with Crippen LogP contribution in [0.4, 0.5) is 0 Å². The monoisotopic (exact) mass is 367 g/mol. The molecule has 142 valence electrons. The van der Waals surface area contributed by atoms with Crippen molar-refractivity contribution in [1.82, 2.24) is 15.0 Å². The Morgan fingerprint density at radius 1 is 1.19 bits per heavy atom. The van der Waals surface area contributed by atoms with Gasteiger partial charge in [0.05, 0.1) is 13.2 Å². The lowest BCUT2D eigenvalue weighted by Gasteiger charge is -2.51. The lowest BCUT2D eigenvalue weighted by molar-refractivity contribution is -0.00369. The SMILES string of the molecule is COc1ccc([C@@H]2CN(C(=O)c3cc(C)on3)[C@@H]3C4CCN(CC4)[C@@H]32)cc1. The van der Waals surface area contributed by atoms with Crippen LogP contribution in [-0.2, 0) is 0 Å². The minimum absolute atomic E-state index is 0.00612. The molecule has 1 aromatic carbocycles. The average Bonchev–Trinajstić information content (AvgIpc) is 3.34. The minimum atomic E-state index is 0.00612. The van der Waals surface area contributed by atoms with Gasteiger partial charge in [-0.15, -0.1) is 0 Å². The number of rotatable bonds is 3. The van der Waals surface area contributed by atoms with Crippen LogP contribution in [0.15, 0.2) is 34.9 Å². The third-order valence-electron chi connectivity index (χ3n) is 6.65. The van der Waals surface area contributed by atoms with Crippen LogP contribution in [0.25, 0.3) is 0 Å². The van der Waals surface area contributed by atoms with Crippen LogP contribution < -0.4 is 4.74 Å². The Balaban J connectivity index is 1.50. The van der Waals surface area contributed by atoms with Crippen molar-refractivity contribution in [1.29, 1.82) is 0 Å². The first-order valence-electron chi connectivity index (χ1n) is 9.78. The maximum absolute atomic E-state index is 13.2. The second-order valence-electron chi connectivity index (χ2n) is 8.01. The fraction of sp³-hybridized carbons (Fsp3) is 0.524. The van der Waals surface area contributed by atoms with Gasteiger partial charge in [-0.1, -0.05) is 17.3 Å². The van der Waals surface area contributed by atoms with E-state index in [9.17, 15) is 4.79 Å². The molecule has 0 radical (unpaired) electrons. The highest BCUT2D eigenvalue weighted by Gasteiger charge is 2.54. The van der Waals surface area contributed by atoms with Crippen molar-refractivity contribution >= 4 is 5.91 Å². The number of amides is 1. The van der Waals surface area contributed by atoms with Crippen molar-refractivity contribution in [2.24, 2.45) is 5.92 Å². The number of carbonyl (C=O) groups excluding carboxylic acids is 1. The van der Waals surface area contributed by atoms with Crippen molar-refractivity contribution < 1.29 is 14.1 Å². The molecule has 6 rings (SSSR count). The highest BCUT2D eigenvalue weighted by atomic mass is 16.5. The van der Waals surface area contributed by atoms with Gasteiger partial charge >= 0.3 is 0 Å². The molecular formula is C21H25N3O3. The van der Waals surface area contributed by atoms with E-state index in [1.54, 1.807) is 13.2 Å². The quantitative estimate of drug-likeness (QED) is 0.835. The first-order chi connectivity index (χ1) is 13.2. The van der Waals surface area contributed by atoms with Gasteiger partial charge in [-0.25, -0.2) is 0 Å². The van der Waals surface area contributed by atoms with Crippen LogP contribution >= 0.6 is 0 Å². The van der Waals surface area contributed by atoms with Crippen molar-refractivity contribution in [2.45, 2.75) is 37.8 Å². The van der Waals surface area contributed by atoms with Gasteiger partial charge in [0.1, 0.15) is 11.5 Å². The number of methoxy groups -OCH3 is 1. The third-order valence-corrected chi connectivity index (χ3v) is 6.65. The number of benzene rings is 1. The molecule has 2 aromatic rings. The summed E-state index contributed by atoms with van der Waals surface area (Å²) in [5, 5.41) is 3.98. The zero-order valence-electron chi connectivity index (χ0n) is 15.8. The zero-order valence-corrected chi connectivity index (χ0v) is 15.8. The van der Waals surface area contributed by atoms with E-state index in [-0.39, 0.29) is 11.9 Å². The van der Waals surface area contributed by atoms with E-state index in [1.807, 2.05) is 19.1 Å². The number of hydrogen-bond acceptors (Lipinski definition) is 5. The summed E-state index contributed by atoms with van der Waals surface area (Å²) in [4.78, 5) is 17.9. The van der Waals surface area contributed by atoms with E-state index in [2.05, 4.69) is 27.1 Å². The Kier molecular flexibility index (Phi) is 3.97. The molecule has 4 fully saturated rings. The molecule has 0 unspecified atom stereocenters. The average molecular weight is 367 g/mol. The number of nitrogens with zero attached hydrogens (tertiary/aromatic N) is 3. The molecule has 0 spiro atoms. The molecule has 3 atom stereocenters. The molecule has 6 nitrogen and oxygen atoms in total. The molecule has 5 heterocycles. The van der Waals surface area contributed by atoms with Gasteiger partial charge in [0.25, 0.3) is 5.91 Å². The maximum atomic E-state index is 13.2. The smallest absolute Gasteiger partial charge is 0.276 e. The van der Waals surface area contributed by atoms with Crippen molar-refractivity contribution in [2.75, 3.05) is 26.7 Å². The summed E-state index contributed by atoms with van der Waals surface area (Å²) < 4.78 is 10.5. The van der Waals surface area contributed by atoms with Crippen LogP contribution in [0.1, 0.15) is 40.6 Å². The number of fused-ring (bicyclic) bond motifs is 2. The fourth-order valence-corrected chi connectivity index (χ4v) is 5.41. The summed E-state index contributed by atoms with van der Waals surface area (Å²) in [6.45, 7) is 4.84. The number of likely N-dealkylation sites (tertiary alicyclic amines) is 1. The third kappa shape index (κ3) is 2.65. The van der Waals surface area contributed by atoms with Crippen LogP contribution in [0.2, 0.25) is 0 Å². The van der Waals surface area contributed by atoms with Gasteiger partial charge in [-0.05, 0) is 56.5 Å². The molecule has 2 bridgehead atoms. The molecule has 4 aliphatic rings. The molecule has 0 saturated carbocycles. The fourth-order valence-electron chi connectivity index (χ4n) is 5.41. The molecular weight excluding hydrogens is 342 g/mol. The number of hydrogen-bond donors (Lipinski definition) is 0. The van der Waals surface area contributed by atoms with Crippen molar-refractivity contribution in [3.05, 3.63) is 47.3 Å². The summed E-state index contributed by atoms with van der Waals surface area (Å²) in [5.74, 6) is 2.45. The molecule has 4 saturated heterocycles. The Morgan fingerprint density at radius 3 is 2.56 bits per heavy atom. The van der Waals surface area contributed by atoms with E-state index in [4.69, 9.17) is 9.26 Å². The van der Waals surface area contributed by atoms with Crippen molar-refractivity contribution in [3.8, 4) is 5.75 Å². The summed E-state index contributed by atoms with van der Waals surface area (Å²) in [7, 11) is 1.69. The van der Waals surface area contributed by atoms with E-state index in [0.29, 0.717) is 29.3 Å². The number of ether oxygens (including phenoxy) is 1. The summed E-state index contributed by atoms with van der Waals surface area (Å²) in [6, 6.07) is 10.8. The largest absolute Gasteiger partial charge is 0.497 e. The highest BCUT2D eigenvalue weighted by Crippen LogP contribution is 2.47. The lowest BCUT2D eigenvalue weighted by atomic mass is 9.75. The Labute approximate surface area is 159 Å². The van der Waals surface area contributed by atoms with E-state index in [0.717, 1.165) is 25.4 Å². The molecule has 1 amide bonds. The Hall–Kier alpha value is -2.34. The van der Waals surface area contributed by atoms with Crippen LogP contribution in [-0.4, -0.2) is 59.7 Å². The second kappa shape index (κ2) is 6.37. The molecule has 6 heteroatoms. The van der Waals surface area contributed by atoms with Gasteiger partial charge in [0.15, 0.2) is 5.69 Å². The van der Waals surface area contributed by atoms with E-state index < -0.39 is 0 Å². The number of carbonyl (C=O) groups is 1. The van der Waals surface area contributed by atoms with Crippen LogP contribution in [0, 0.1) is 12.8 Å². The highest BCUT2D eigenvalue weighted by molar-refractivity contribution is 5.93. The maximum Gasteiger partial charge on any atom is 0.276 e. The summed E-state index contributed by atoms with van der Waals surface area (Å²) in [5.41, 5.74) is 1.71. The zero-order chi connectivity index (χ0) is 18.5.